The van der Waals surface area contributed by atoms with Gasteiger partial charge in [0.25, 0.3) is 0 Å². The molecule has 1 fully saturated rings. The van der Waals surface area contributed by atoms with Crippen LogP contribution in [0.1, 0.15) is 29.7 Å². The van der Waals surface area contributed by atoms with Crippen molar-refractivity contribution in [1.82, 2.24) is 14.7 Å². The molecule has 1 aliphatic rings. The maximum Gasteiger partial charge on any atom is 0.193 e. The summed E-state index contributed by atoms with van der Waals surface area (Å²) in [5, 5.41) is 9.98. The average Bonchev–Trinajstić information content (AvgIpc) is 3.36. The molecule has 200 valence electrons. The predicted molar refractivity (Wildman–Crippen MR) is 156 cm³/mol. The Morgan fingerprint density at radius 3 is 2.64 bits per heavy atom. The van der Waals surface area contributed by atoms with Gasteiger partial charge >= 0.3 is 0 Å². The molecule has 0 saturated carbocycles. The molecular formula is C32H34N4O3. The van der Waals surface area contributed by atoms with Gasteiger partial charge in [-0.2, -0.15) is 5.10 Å². The number of hydrogen-bond donors (Lipinski definition) is 1. The molecule has 7 heteroatoms. The summed E-state index contributed by atoms with van der Waals surface area (Å²) in [6.45, 7) is 11.5. The lowest BCUT2D eigenvalue weighted by atomic mass is 10.00. The topological polar surface area (TPSA) is 72.5 Å². The van der Waals surface area contributed by atoms with Crippen molar-refractivity contribution < 1.29 is 9.15 Å². The van der Waals surface area contributed by atoms with E-state index in [9.17, 15) is 4.79 Å². The zero-order valence-corrected chi connectivity index (χ0v) is 22.7. The van der Waals surface area contributed by atoms with Crippen LogP contribution in [0, 0.1) is 13.8 Å². The van der Waals surface area contributed by atoms with Crippen molar-refractivity contribution in [3.05, 3.63) is 93.8 Å². The summed E-state index contributed by atoms with van der Waals surface area (Å²) in [5.41, 5.74) is 6.60. The van der Waals surface area contributed by atoms with Crippen molar-refractivity contribution in [1.29, 1.82) is 0 Å². The zero-order chi connectivity index (χ0) is 26.9. The van der Waals surface area contributed by atoms with Crippen LogP contribution < -0.4 is 10.7 Å². The quantitative estimate of drug-likeness (QED) is 0.286. The van der Waals surface area contributed by atoms with E-state index < -0.39 is 0 Å². The molecular weight excluding hydrogens is 488 g/mol. The minimum Gasteiger partial charge on any atom is -0.455 e. The minimum atomic E-state index is -0.0564. The number of nitrogens with zero attached hydrogens (tertiary/aromatic N) is 3. The molecule has 0 amide bonds. The van der Waals surface area contributed by atoms with Crippen molar-refractivity contribution in [3.8, 4) is 11.3 Å². The highest BCUT2D eigenvalue weighted by Crippen LogP contribution is 2.32. The lowest BCUT2D eigenvalue weighted by Crippen LogP contribution is -2.38. The summed E-state index contributed by atoms with van der Waals surface area (Å²) >= 11 is 0. The number of aromatic nitrogens is 2. The molecule has 2 aromatic heterocycles. The molecule has 3 aromatic carbocycles. The van der Waals surface area contributed by atoms with Crippen LogP contribution in [0.25, 0.3) is 33.2 Å². The number of ether oxygens (including phenoxy) is 1. The highest BCUT2D eigenvalue weighted by atomic mass is 16.5. The molecule has 39 heavy (non-hydrogen) atoms. The molecule has 0 bridgehead atoms. The van der Waals surface area contributed by atoms with Gasteiger partial charge < -0.3 is 14.5 Å². The van der Waals surface area contributed by atoms with Crippen molar-refractivity contribution >= 4 is 27.6 Å². The standard InChI is InChI=1S/C32H34N4O3/c1-21-16-26(23(3)33-28-7-5-4-6-22(28)2)32-27(17-21)30(37)19-31(39-32)24-8-9-29-25(18-24)20-36(34-29)11-10-35-12-14-38-15-13-35/h4-9,16-20,23,33H,10-15H2,1-3H3. The van der Waals surface area contributed by atoms with Gasteiger partial charge in [0.1, 0.15) is 11.3 Å². The van der Waals surface area contributed by atoms with E-state index in [4.69, 9.17) is 14.3 Å². The molecule has 3 heterocycles. The Hall–Kier alpha value is -3.94. The van der Waals surface area contributed by atoms with Crippen LogP contribution in [0.5, 0.6) is 0 Å². The Labute approximate surface area is 228 Å². The second-order valence-electron chi connectivity index (χ2n) is 10.5. The van der Waals surface area contributed by atoms with E-state index in [1.165, 1.54) is 5.56 Å². The Balaban J connectivity index is 1.33. The molecule has 6 rings (SSSR count). The Kier molecular flexibility index (Phi) is 6.94. The van der Waals surface area contributed by atoms with Crippen molar-refractivity contribution in [2.24, 2.45) is 0 Å². The normalized spacial score (nSPS) is 15.2. The number of anilines is 1. The first-order chi connectivity index (χ1) is 18.9. The van der Waals surface area contributed by atoms with Crippen molar-refractivity contribution in [3.63, 3.8) is 0 Å². The van der Waals surface area contributed by atoms with E-state index >= 15 is 0 Å². The van der Waals surface area contributed by atoms with Gasteiger partial charge in [-0.15, -0.1) is 0 Å². The fourth-order valence-corrected chi connectivity index (χ4v) is 5.36. The molecule has 1 N–H and O–H groups in total. The summed E-state index contributed by atoms with van der Waals surface area (Å²) < 4.78 is 13.9. The van der Waals surface area contributed by atoms with Crippen molar-refractivity contribution in [2.75, 3.05) is 38.2 Å². The van der Waals surface area contributed by atoms with Gasteiger partial charge in [0.05, 0.1) is 36.7 Å². The van der Waals surface area contributed by atoms with Crippen LogP contribution in [0.2, 0.25) is 0 Å². The van der Waals surface area contributed by atoms with Gasteiger partial charge in [-0.25, -0.2) is 0 Å². The van der Waals surface area contributed by atoms with Crippen LogP contribution in [0.3, 0.4) is 0 Å². The smallest absolute Gasteiger partial charge is 0.193 e. The summed E-state index contributed by atoms with van der Waals surface area (Å²) in [6, 6.07) is 19.8. The van der Waals surface area contributed by atoms with Gasteiger partial charge in [-0.05, 0) is 62.2 Å². The zero-order valence-electron chi connectivity index (χ0n) is 22.7. The maximum absolute atomic E-state index is 13.3. The van der Waals surface area contributed by atoms with Gasteiger partial charge in [0.2, 0.25) is 0 Å². The number of benzene rings is 3. The molecule has 7 nitrogen and oxygen atoms in total. The number of rotatable bonds is 7. The van der Waals surface area contributed by atoms with Gasteiger partial charge in [-0.3, -0.25) is 14.4 Å². The molecule has 0 radical (unpaired) electrons. The Morgan fingerprint density at radius 1 is 1.00 bits per heavy atom. The molecule has 0 spiro atoms. The third-order valence-electron chi connectivity index (χ3n) is 7.57. The number of para-hydroxylation sites is 1. The molecule has 5 aromatic rings. The molecule has 1 saturated heterocycles. The second kappa shape index (κ2) is 10.7. The van der Waals surface area contributed by atoms with Crippen molar-refractivity contribution in [2.45, 2.75) is 33.4 Å². The van der Waals surface area contributed by atoms with Crippen LogP contribution in [0.4, 0.5) is 5.69 Å². The highest BCUT2D eigenvalue weighted by molar-refractivity contribution is 5.86. The Bertz CT molecular complexity index is 1700. The first-order valence-corrected chi connectivity index (χ1v) is 13.6. The van der Waals surface area contributed by atoms with Gasteiger partial charge in [0, 0.05) is 54.1 Å². The average molecular weight is 523 g/mol. The van der Waals surface area contributed by atoms with Crippen LogP contribution in [-0.2, 0) is 11.3 Å². The maximum atomic E-state index is 13.3. The number of fused-ring (bicyclic) bond motifs is 2. The first kappa shape index (κ1) is 25.3. The van der Waals surface area contributed by atoms with E-state index in [0.717, 1.165) is 72.7 Å². The Morgan fingerprint density at radius 2 is 1.82 bits per heavy atom. The fraction of sp³-hybridized carbons (Fsp3) is 0.312. The number of nitrogens with one attached hydrogen (secondary N) is 1. The SMILES string of the molecule is Cc1cc(C(C)Nc2ccccc2C)c2oc(-c3ccc4nn(CCN5CCOCC5)cc4c3)cc(=O)c2c1. The third-order valence-corrected chi connectivity index (χ3v) is 7.57. The minimum absolute atomic E-state index is 0.0411. The second-order valence-corrected chi connectivity index (χ2v) is 10.5. The monoisotopic (exact) mass is 522 g/mol. The molecule has 1 unspecified atom stereocenters. The van der Waals surface area contributed by atoms with Gasteiger partial charge in [0.15, 0.2) is 5.43 Å². The fourth-order valence-electron chi connectivity index (χ4n) is 5.36. The lowest BCUT2D eigenvalue weighted by Gasteiger charge is -2.26. The van der Waals surface area contributed by atoms with Gasteiger partial charge in [-0.1, -0.05) is 24.3 Å². The summed E-state index contributed by atoms with van der Waals surface area (Å²) in [7, 11) is 0. The summed E-state index contributed by atoms with van der Waals surface area (Å²) in [6.07, 6.45) is 2.07. The highest BCUT2D eigenvalue weighted by Gasteiger charge is 2.17. The van der Waals surface area contributed by atoms with Crippen LogP contribution in [-0.4, -0.2) is 47.5 Å². The largest absolute Gasteiger partial charge is 0.455 e. The van der Waals surface area contributed by atoms with Crippen LogP contribution >= 0.6 is 0 Å². The molecule has 1 aliphatic heterocycles. The van der Waals surface area contributed by atoms with E-state index in [1.54, 1.807) is 6.07 Å². The van der Waals surface area contributed by atoms with E-state index in [1.807, 2.05) is 41.9 Å². The third kappa shape index (κ3) is 5.33. The van der Waals surface area contributed by atoms with E-state index in [-0.39, 0.29) is 11.5 Å². The lowest BCUT2D eigenvalue weighted by molar-refractivity contribution is 0.0360. The number of hydrogen-bond acceptors (Lipinski definition) is 6. The predicted octanol–water partition coefficient (Wildman–Crippen LogP) is 5.93. The molecule has 1 atom stereocenters. The number of morpholine rings is 1. The summed E-state index contributed by atoms with van der Waals surface area (Å²) in [4.78, 5) is 15.7. The van der Waals surface area contributed by atoms with E-state index in [0.29, 0.717) is 16.7 Å². The molecule has 0 aliphatic carbocycles. The van der Waals surface area contributed by atoms with Crippen LogP contribution in [0.15, 0.2) is 76.1 Å². The summed E-state index contributed by atoms with van der Waals surface area (Å²) in [5.74, 6) is 0.559. The van der Waals surface area contributed by atoms with E-state index in [2.05, 4.69) is 54.5 Å². The first-order valence-electron chi connectivity index (χ1n) is 13.6. The number of aryl methyl sites for hydroxylation is 2.